The van der Waals surface area contributed by atoms with E-state index in [1.807, 2.05) is 6.07 Å². The maximum Gasteiger partial charge on any atom is 0.336 e. The Morgan fingerprint density at radius 3 is 2.65 bits per heavy atom. The number of benzene rings is 2. The second-order valence-corrected chi connectivity index (χ2v) is 4.91. The van der Waals surface area contributed by atoms with Gasteiger partial charge in [0.2, 0.25) is 0 Å². The van der Waals surface area contributed by atoms with Crippen LogP contribution in [0.2, 0.25) is 0 Å². The van der Waals surface area contributed by atoms with E-state index >= 15 is 0 Å². The summed E-state index contributed by atoms with van der Waals surface area (Å²) in [6, 6.07) is 11.8. The molecule has 0 atom stereocenters. The summed E-state index contributed by atoms with van der Waals surface area (Å²) in [7, 11) is 0. The largest absolute Gasteiger partial charge is 0.478 e. The quantitative estimate of drug-likeness (QED) is 0.932. The molecule has 3 rings (SSSR count). The fourth-order valence-electron chi connectivity index (χ4n) is 2.68. The van der Waals surface area contributed by atoms with Crippen molar-refractivity contribution in [2.75, 3.05) is 11.4 Å². The number of nitrogens with zero attached hydrogens (tertiary/aromatic N) is 1. The van der Waals surface area contributed by atoms with Gasteiger partial charge in [-0.1, -0.05) is 18.2 Å². The van der Waals surface area contributed by atoms with Gasteiger partial charge < -0.3 is 10.0 Å². The minimum absolute atomic E-state index is 0.247. The van der Waals surface area contributed by atoms with Crippen LogP contribution in [0.1, 0.15) is 21.5 Å². The van der Waals surface area contributed by atoms with Crippen LogP contribution in [-0.4, -0.2) is 17.6 Å². The molecule has 3 nitrogen and oxygen atoms in total. The average Bonchev–Trinajstić information content (AvgIpc) is 2.84. The highest BCUT2D eigenvalue weighted by Gasteiger charge is 2.23. The van der Waals surface area contributed by atoms with Crippen molar-refractivity contribution in [3.8, 4) is 0 Å². The minimum atomic E-state index is -0.884. The van der Waals surface area contributed by atoms with Crippen LogP contribution < -0.4 is 4.90 Å². The van der Waals surface area contributed by atoms with Crippen LogP contribution in [0.4, 0.5) is 10.1 Å². The third-order valence-corrected chi connectivity index (χ3v) is 3.64. The Bertz CT molecular complexity index is 652. The Kier molecular flexibility index (Phi) is 3.14. The van der Waals surface area contributed by atoms with E-state index in [9.17, 15) is 14.3 Å². The number of anilines is 1. The molecular formula is C16H14FNO2. The van der Waals surface area contributed by atoms with Gasteiger partial charge >= 0.3 is 5.97 Å². The van der Waals surface area contributed by atoms with Gasteiger partial charge in [-0.3, -0.25) is 0 Å². The molecule has 2 aromatic carbocycles. The lowest BCUT2D eigenvalue weighted by Gasteiger charge is -2.19. The van der Waals surface area contributed by atoms with Crippen molar-refractivity contribution in [1.29, 1.82) is 0 Å². The molecule has 0 saturated heterocycles. The van der Waals surface area contributed by atoms with E-state index in [1.54, 1.807) is 24.3 Å². The van der Waals surface area contributed by atoms with Gasteiger partial charge in [-0.15, -0.1) is 0 Å². The molecule has 0 aliphatic carbocycles. The second-order valence-electron chi connectivity index (χ2n) is 4.91. The van der Waals surface area contributed by atoms with E-state index in [0.717, 1.165) is 29.8 Å². The first kappa shape index (κ1) is 12.7. The number of aromatic carboxylic acids is 1. The van der Waals surface area contributed by atoms with Crippen LogP contribution in [0.5, 0.6) is 0 Å². The van der Waals surface area contributed by atoms with Crippen molar-refractivity contribution in [2.24, 2.45) is 0 Å². The van der Waals surface area contributed by atoms with E-state index in [4.69, 9.17) is 0 Å². The summed E-state index contributed by atoms with van der Waals surface area (Å²) in [6.07, 6.45) is 0.735. The third-order valence-electron chi connectivity index (χ3n) is 3.64. The van der Waals surface area contributed by atoms with Gasteiger partial charge in [-0.05, 0) is 41.8 Å². The highest BCUT2D eigenvalue weighted by molar-refractivity contribution is 5.92. The Morgan fingerprint density at radius 1 is 1.20 bits per heavy atom. The van der Waals surface area contributed by atoms with Crippen LogP contribution >= 0.6 is 0 Å². The molecule has 1 N–H and O–H groups in total. The summed E-state index contributed by atoms with van der Waals surface area (Å²) in [5, 5.41) is 9.20. The molecule has 0 bridgehead atoms. The Morgan fingerprint density at radius 2 is 1.95 bits per heavy atom. The Hall–Kier alpha value is -2.36. The summed E-state index contributed by atoms with van der Waals surface area (Å²) in [4.78, 5) is 13.3. The van der Waals surface area contributed by atoms with E-state index < -0.39 is 5.97 Å². The molecule has 0 spiro atoms. The number of hydrogen-bond donors (Lipinski definition) is 1. The molecule has 102 valence electrons. The molecule has 0 amide bonds. The first-order valence-corrected chi connectivity index (χ1v) is 6.50. The van der Waals surface area contributed by atoms with E-state index in [1.165, 1.54) is 12.1 Å². The average molecular weight is 271 g/mol. The monoisotopic (exact) mass is 271 g/mol. The molecule has 0 fully saturated rings. The van der Waals surface area contributed by atoms with Crippen molar-refractivity contribution >= 4 is 11.7 Å². The van der Waals surface area contributed by atoms with Crippen molar-refractivity contribution in [1.82, 2.24) is 0 Å². The topological polar surface area (TPSA) is 40.5 Å². The predicted octanol–water partition coefficient (Wildman–Crippen LogP) is 3.09. The standard InChI is InChI=1S/C16H14FNO2/c17-12-6-4-11(5-7-12)10-18-9-8-13-14(16(19)20)2-1-3-15(13)18/h1-7H,8-10H2,(H,19,20). The molecular weight excluding hydrogens is 257 g/mol. The van der Waals surface area contributed by atoms with Gasteiger partial charge in [0.05, 0.1) is 5.56 Å². The smallest absolute Gasteiger partial charge is 0.336 e. The Balaban J connectivity index is 1.88. The number of carboxylic acid groups (broad SMARTS) is 1. The van der Waals surface area contributed by atoms with Crippen LogP contribution in [0.15, 0.2) is 42.5 Å². The highest BCUT2D eigenvalue weighted by Crippen LogP contribution is 2.31. The molecule has 20 heavy (non-hydrogen) atoms. The van der Waals surface area contributed by atoms with Crippen molar-refractivity contribution < 1.29 is 14.3 Å². The van der Waals surface area contributed by atoms with Crippen LogP contribution in [0, 0.1) is 5.82 Å². The second kappa shape index (κ2) is 4.96. The van der Waals surface area contributed by atoms with Crippen LogP contribution in [-0.2, 0) is 13.0 Å². The van der Waals surface area contributed by atoms with Crippen LogP contribution in [0.25, 0.3) is 0 Å². The van der Waals surface area contributed by atoms with E-state index in [2.05, 4.69) is 4.90 Å². The molecule has 1 aliphatic rings. The fourth-order valence-corrected chi connectivity index (χ4v) is 2.68. The maximum absolute atomic E-state index is 12.9. The van der Waals surface area contributed by atoms with Gasteiger partial charge in [0.1, 0.15) is 5.82 Å². The van der Waals surface area contributed by atoms with Gasteiger partial charge in [0, 0.05) is 18.8 Å². The highest BCUT2D eigenvalue weighted by atomic mass is 19.1. The summed E-state index contributed by atoms with van der Waals surface area (Å²) >= 11 is 0. The predicted molar refractivity (Wildman–Crippen MR) is 74.6 cm³/mol. The maximum atomic E-state index is 12.9. The van der Waals surface area contributed by atoms with Crippen LogP contribution in [0.3, 0.4) is 0 Å². The molecule has 2 aromatic rings. The minimum Gasteiger partial charge on any atom is -0.478 e. The number of rotatable bonds is 3. The lowest BCUT2D eigenvalue weighted by atomic mass is 10.1. The SMILES string of the molecule is O=C(O)c1cccc2c1CCN2Cc1ccc(F)cc1. The first-order valence-electron chi connectivity index (χ1n) is 6.50. The Labute approximate surface area is 116 Å². The van der Waals surface area contributed by atoms with Crippen molar-refractivity contribution in [2.45, 2.75) is 13.0 Å². The molecule has 0 radical (unpaired) electrons. The molecule has 0 saturated carbocycles. The zero-order valence-electron chi connectivity index (χ0n) is 10.8. The summed E-state index contributed by atoms with van der Waals surface area (Å²) in [5.41, 5.74) is 3.25. The zero-order valence-corrected chi connectivity index (χ0v) is 10.8. The number of hydrogen-bond acceptors (Lipinski definition) is 2. The first-order chi connectivity index (χ1) is 9.65. The molecule has 1 heterocycles. The molecule has 4 heteroatoms. The number of carboxylic acids is 1. The third kappa shape index (κ3) is 2.25. The zero-order chi connectivity index (χ0) is 14.1. The van der Waals surface area contributed by atoms with Crippen molar-refractivity contribution in [3.05, 3.63) is 65.0 Å². The molecule has 0 unspecified atom stereocenters. The normalized spacial score (nSPS) is 13.3. The summed E-state index contributed by atoms with van der Waals surface area (Å²) < 4.78 is 12.9. The lowest BCUT2D eigenvalue weighted by Crippen LogP contribution is -2.19. The van der Waals surface area contributed by atoms with Crippen molar-refractivity contribution in [3.63, 3.8) is 0 Å². The van der Waals surface area contributed by atoms with Gasteiger partial charge in [-0.2, -0.15) is 0 Å². The van der Waals surface area contributed by atoms with Gasteiger partial charge in [-0.25, -0.2) is 9.18 Å². The number of fused-ring (bicyclic) bond motifs is 1. The van der Waals surface area contributed by atoms with Gasteiger partial charge in [0.25, 0.3) is 0 Å². The molecule has 0 aromatic heterocycles. The summed E-state index contributed by atoms with van der Waals surface area (Å²) in [5.74, 6) is -1.13. The van der Waals surface area contributed by atoms with Gasteiger partial charge in [0.15, 0.2) is 0 Å². The number of halogens is 1. The van der Waals surface area contributed by atoms with E-state index in [0.29, 0.717) is 12.1 Å². The fraction of sp³-hybridized carbons (Fsp3) is 0.188. The summed E-state index contributed by atoms with van der Waals surface area (Å²) in [6.45, 7) is 1.45. The van der Waals surface area contributed by atoms with E-state index in [-0.39, 0.29) is 5.82 Å². The molecule has 1 aliphatic heterocycles. The number of carbonyl (C=O) groups is 1. The lowest BCUT2D eigenvalue weighted by molar-refractivity contribution is 0.0696.